The molecule has 108 valence electrons. The zero-order valence-corrected chi connectivity index (χ0v) is 13.0. The molecule has 0 amide bonds. The van der Waals surface area contributed by atoms with E-state index in [0.717, 1.165) is 17.4 Å². The maximum Gasteiger partial charge on any atom is 0.0630 e. The molecule has 1 aliphatic rings. The van der Waals surface area contributed by atoms with Gasteiger partial charge in [-0.1, -0.05) is 64.7 Å². The maximum absolute atomic E-state index is 9.93. The fraction of sp³-hybridized carbons (Fsp3) is 1.00. The van der Waals surface area contributed by atoms with Crippen molar-refractivity contribution in [3.05, 3.63) is 0 Å². The normalized spacial score (nSPS) is 18.3. The number of hydrogen-bond donors (Lipinski definition) is 1. The lowest BCUT2D eigenvalue weighted by Crippen LogP contribution is -2.12. The molecular formula is C16H32OS. The van der Waals surface area contributed by atoms with Crippen molar-refractivity contribution in [3.8, 4) is 0 Å². The fourth-order valence-corrected chi connectivity index (χ4v) is 4.05. The van der Waals surface area contributed by atoms with Crippen LogP contribution in [0.5, 0.6) is 0 Å². The second-order valence-electron chi connectivity index (χ2n) is 5.80. The minimum atomic E-state index is -0.0498. The monoisotopic (exact) mass is 272 g/mol. The largest absolute Gasteiger partial charge is 0.392 e. The summed E-state index contributed by atoms with van der Waals surface area (Å²) in [6, 6.07) is 0. The molecule has 2 heteroatoms. The fourth-order valence-electron chi connectivity index (χ4n) is 2.72. The predicted octanol–water partition coefficient (Wildman–Crippen LogP) is 5.16. The van der Waals surface area contributed by atoms with E-state index in [1.165, 1.54) is 70.6 Å². The summed E-state index contributed by atoms with van der Waals surface area (Å²) in [6.45, 7) is 2.26. The van der Waals surface area contributed by atoms with Gasteiger partial charge in [0.25, 0.3) is 0 Å². The van der Waals surface area contributed by atoms with Crippen molar-refractivity contribution in [1.82, 2.24) is 0 Å². The van der Waals surface area contributed by atoms with Gasteiger partial charge >= 0.3 is 0 Å². The molecule has 1 N–H and O–H groups in total. The Bertz CT molecular complexity index is 178. The summed E-state index contributed by atoms with van der Waals surface area (Å²) in [5.41, 5.74) is 0. The Kier molecular flexibility index (Phi) is 10.1. The van der Waals surface area contributed by atoms with Crippen LogP contribution in [0, 0.1) is 0 Å². The summed E-state index contributed by atoms with van der Waals surface area (Å²) in [4.78, 5) is 0. The third-order valence-electron chi connectivity index (χ3n) is 3.97. The molecule has 0 saturated heterocycles. The first kappa shape index (κ1) is 16.4. The van der Waals surface area contributed by atoms with E-state index in [1.807, 2.05) is 11.8 Å². The third kappa shape index (κ3) is 8.42. The van der Waals surface area contributed by atoms with Gasteiger partial charge in [-0.05, 0) is 19.3 Å². The molecule has 1 nitrogen and oxygen atoms in total. The van der Waals surface area contributed by atoms with Crippen molar-refractivity contribution in [3.63, 3.8) is 0 Å². The highest BCUT2D eigenvalue weighted by molar-refractivity contribution is 7.99. The van der Waals surface area contributed by atoms with E-state index in [4.69, 9.17) is 0 Å². The molecule has 0 radical (unpaired) electrons. The molecule has 1 saturated carbocycles. The van der Waals surface area contributed by atoms with Crippen LogP contribution in [0.15, 0.2) is 0 Å². The lowest BCUT2D eigenvalue weighted by Gasteiger charge is -2.13. The molecular weight excluding hydrogens is 240 g/mol. The molecule has 0 aromatic rings. The minimum absolute atomic E-state index is 0.0498. The SMILES string of the molecule is CCCCCCCCCC(O)CSC1CCCC1. The van der Waals surface area contributed by atoms with Gasteiger partial charge < -0.3 is 5.11 Å². The van der Waals surface area contributed by atoms with Gasteiger partial charge in [-0.2, -0.15) is 11.8 Å². The number of aliphatic hydroxyl groups excluding tert-OH is 1. The Labute approximate surface area is 118 Å². The Morgan fingerprint density at radius 2 is 1.61 bits per heavy atom. The molecule has 1 aliphatic carbocycles. The first-order valence-corrected chi connectivity index (χ1v) is 9.17. The van der Waals surface area contributed by atoms with E-state index < -0.39 is 0 Å². The van der Waals surface area contributed by atoms with Crippen molar-refractivity contribution < 1.29 is 5.11 Å². The molecule has 1 unspecified atom stereocenters. The Morgan fingerprint density at radius 3 is 2.28 bits per heavy atom. The predicted molar refractivity (Wildman–Crippen MR) is 83.3 cm³/mol. The average Bonchev–Trinajstić information content (AvgIpc) is 2.88. The van der Waals surface area contributed by atoms with Gasteiger partial charge in [0.1, 0.15) is 0 Å². The van der Waals surface area contributed by atoms with Crippen LogP contribution in [-0.2, 0) is 0 Å². The van der Waals surface area contributed by atoms with Gasteiger partial charge in [0.15, 0.2) is 0 Å². The first-order chi connectivity index (χ1) is 8.83. The van der Waals surface area contributed by atoms with Crippen LogP contribution in [0.25, 0.3) is 0 Å². The molecule has 0 spiro atoms. The highest BCUT2D eigenvalue weighted by Gasteiger charge is 2.16. The van der Waals surface area contributed by atoms with Crippen LogP contribution < -0.4 is 0 Å². The van der Waals surface area contributed by atoms with Gasteiger partial charge in [-0.25, -0.2) is 0 Å². The maximum atomic E-state index is 9.93. The quantitative estimate of drug-likeness (QED) is 0.524. The van der Waals surface area contributed by atoms with Crippen molar-refractivity contribution in [2.75, 3.05) is 5.75 Å². The van der Waals surface area contributed by atoms with Crippen molar-refractivity contribution in [1.29, 1.82) is 0 Å². The lowest BCUT2D eigenvalue weighted by atomic mass is 10.1. The summed E-state index contributed by atoms with van der Waals surface area (Å²) in [6.07, 6.45) is 16.0. The lowest BCUT2D eigenvalue weighted by molar-refractivity contribution is 0.184. The van der Waals surface area contributed by atoms with Crippen LogP contribution in [0.3, 0.4) is 0 Å². The molecule has 1 fully saturated rings. The minimum Gasteiger partial charge on any atom is -0.392 e. The second-order valence-corrected chi connectivity index (χ2v) is 7.14. The van der Waals surface area contributed by atoms with E-state index in [2.05, 4.69) is 6.92 Å². The zero-order valence-electron chi connectivity index (χ0n) is 12.2. The number of thioether (sulfide) groups is 1. The van der Waals surface area contributed by atoms with Crippen molar-refractivity contribution in [2.45, 2.75) is 95.3 Å². The van der Waals surface area contributed by atoms with E-state index in [9.17, 15) is 5.11 Å². The summed E-state index contributed by atoms with van der Waals surface area (Å²) in [5, 5.41) is 10.8. The number of aliphatic hydroxyl groups is 1. The standard InChI is InChI=1S/C16H32OS/c1-2-3-4-5-6-7-8-11-15(17)14-18-16-12-9-10-13-16/h15-17H,2-14H2,1H3. The average molecular weight is 272 g/mol. The number of unbranched alkanes of at least 4 members (excludes halogenated alkanes) is 6. The highest BCUT2D eigenvalue weighted by atomic mass is 32.2. The van der Waals surface area contributed by atoms with E-state index >= 15 is 0 Å². The second kappa shape index (κ2) is 11.2. The van der Waals surface area contributed by atoms with Gasteiger partial charge in [0.05, 0.1) is 6.10 Å². The first-order valence-electron chi connectivity index (χ1n) is 8.12. The van der Waals surface area contributed by atoms with Gasteiger partial charge in [-0.3, -0.25) is 0 Å². The van der Waals surface area contributed by atoms with Gasteiger partial charge in [-0.15, -0.1) is 0 Å². The summed E-state index contributed by atoms with van der Waals surface area (Å²) < 4.78 is 0. The van der Waals surface area contributed by atoms with E-state index in [1.54, 1.807) is 0 Å². The van der Waals surface area contributed by atoms with Gasteiger partial charge in [0, 0.05) is 11.0 Å². The van der Waals surface area contributed by atoms with Crippen LogP contribution in [-0.4, -0.2) is 22.2 Å². The molecule has 0 heterocycles. The Balaban J connectivity index is 1.82. The third-order valence-corrected chi connectivity index (χ3v) is 5.49. The summed E-state index contributed by atoms with van der Waals surface area (Å²) in [7, 11) is 0. The molecule has 1 atom stereocenters. The van der Waals surface area contributed by atoms with E-state index in [-0.39, 0.29) is 6.10 Å². The van der Waals surface area contributed by atoms with Crippen LogP contribution in [0.1, 0.15) is 84.0 Å². The molecule has 0 aliphatic heterocycles. The Morgan fingerprint density at radius 1 is 1.00 bits per heavy atom. The highest BCUT2D eigenvalue weighted by Crippen LogP contribution is 2.30. The molecule has 18 heavy (non-hydrogen) atoms. The summed E-state index contributed by atoms with van der Waals surface area (Å²) >= 11 is 2.02. The number of hydrogen-bond acceptors (Lipinski definition) is 2. The van der Waals surface area contributed by atoms with Crippen LogP contribution in [0.2, 0.25) is 0 Å². The molecule has 0 bridgehead atoms. The van der Waals surface area contributed by atoms with Crippen LogP contribution >= 0.6 is 11.8 Å². The van der Waals surface area contributed by atoms with Crippen molar-refractivity contribution >= 4 is 11.8 Å². The zero-order chi connectivity index (χ0) is 13.1. The topological polar surface area (TPSA) is 20.2 Å². The smallest absolute Gasteiger partial charge is 0.0630 e. The van der Waals surface area contributed by atoms with Crippen LogP contribution in [0.4, 0.5) is 0 Å². The Hall–Kier alpha value is 0.310. The van der Waals surface area contributed by atoms with Crippen molar-refractivity contribution in [2.24, 2.45) is 0 Å². The molecule has 0 aromatic heterocycles. The van der Waals surface area contributed by atoms with E-state index in [0.29, 0.717) is 0 Å². The molecule has 1 rings (SSSR count). The molecule has 0 aromatic carbocycles. The van der Waals surface area contributed by atoms with Gasteiger partial charge in [0.2, 0.25) is 0 Å². The summed E-state index contributed by atoms with van der Waals surface area (Å²) in [5.74, 6) is 0.973. The number of rotatable bonds is 11.